The fraction of sp³-hybridized carbons (Fsp3) is 0.462. The van der Waals surface area contributed by atoms with Crippen LogP contribution in [-0.4, -0.2) is 20.9 Å². The van der Waals surface area contributed by atoms with E-state index in [1.165, 1.54) is 0 Å². The van der Waals surface area contributed by atoms with Crippen LogP contribution in [0.25, 0.3) is 0 Å². The Hall–Kier alpha value is -1.44. The second-order valence-corrected chi connectivity index (χ2v) is 6.36. The maximum atomic E-state index is 11.9. The van der Waals surface area contributed by atoms with E-state index < -0.39 is 10.0 Å². The van der Waals surface area contributed by atoms with Crippen molar-refractivity contribution in [2.45, 2.75) is 37.5 Å². The lowest BCUT2D eigenvalue weighted by Gasteiger charge is -2.07. The average Bonchev–Trinajstić information content (AvgIpc) is 2.42. The molecule has 0 aliphatic carbocycles. The SMILES string of the molecule is Cc1ccc(S(=O)(=O)NCCCCCC(=O)NN)cc1. The first-order chi connectivity index (χ1) is 9.45. The van der Waals surface area contributed by atoms with E-state index in [1.54, 1.807) is 24.3 Å². The lowest BCUT2D eigenvalue weighted by Crippen LogP contribution is -2.29. The van der Waals surface area contributed by atoms with Gasteiger partial charge in [0.2, 0.25) is 15.9 Å². The molecule has 0 aromatic heterocycles. The van der Waals surface area contributed by atoms with Crippen LogP contribution < -0.4 is 16.0 Å². The number of nitrogens with one attached hydrogen (secondary N) is 2. The van der Waals surface area contributed by atoms with E-state index in [4.69, 9.17) is 5.84 Å². The van der Waals surface area contributed by atoms with Crippen LogP contribution in [0.5, 0.6) is 0 Å². The zero-order valence-electron chi connectivity index (χ0n) is 11.6. The molecular weight excluding hydrogens is 278 g/mol. The normalized spacial score (nSPS) is 11.3. The molecule has 0 aliphatic rings. The second kappa shape index (κ2) is 7.98. The smallest absolute Gasteiger partial charge is 0.240 e. The molecule has 0 atom stereocenters. The summed E-state index contributed by atoms with van der Waals surface area (Å²) in [6, 6.07) is 6.70. The van der Waals surface area contributed by atoms with Crippen molar-refractivity contribution >= 4 is 15.9 Å². The number of hydrogen-bond donors (Lipinski definition) is 3. The molecule has 0 unspecified atom stereocenters. The number of nitrogens with two attached hydrogens (primary N) is 1. The van der Waals surface area contributed by atoms with Gasteiger partial charge in [-0.1, -0.05) is 24.1 Å². The van der Waals surface area contributed by atoms with Gasteiger partial charge < -0.3 is 0 Å². The summed E-state index contributed by atoms with van der Waals surface area (Å²) in [6.45, 7) is 2.27. The highest BCUT2D eigenvalue weighted by Crippen LogP contribution is 2.10. The van der Waals surface area contributed by atoms with E-state index in [2.05, 4.69) is 10.1 Å². The zero-order chi connectivity index (χ0) is 15.0. The Labute approximate surface area is 119 Å². The van der Waals surface area contributed by atoms with E-state index in [-0.39, 0.29) is 10.8 Å². The first-order valence-corrected chi connectivity index (χ1v) is 8.00. The van der Waals surface area contributed by atoms with Crippen molar-refractivity contribution in [1.82, 2.24) is 10.1 Å². The monoisotopic (exact) mass is 299 g/mol. The maximum Gasteiger partial charge on any atom is 0.240 e. The molecule has 112 valence electrons. The van der Waals surface area contributed by atoms with Crippen molar-refractivity contribution in [2.24, 2.45) is 5.84 Å². The average molecular weight is 299 g/mol. The molecule has 6 nitrogen and oxygen atoms in total. The van der Waals surface area contributed by atoms with Gasteiger partial charge in [-0.15, -0.1) is 0 Å². The Morgan fingerprint density at radius 2 is 1.80 bits per heavy atom. The summed E-state index contributed by atoms with van der Waals surface area (Å²) in [6.07, 6.45) is 2.50. The Morgan fingerprint density at radius 3 is 2.40 bits per heavy atom. The number of rotatable bonds is 8. The molecule has 7 heteroatoms. The van der Waals surface area contributed by atoms with E-state index in [0.717, 1.165) is 12.0 Å². The first-order valence-electron chi connectivity index (χ1n) is 6.51. The summed E-state index contributed by atoms with van der Waals surface area (Å²) in [5.41, 5.74) is 3.07. The number of amides is 1. The number of unbranched alkanes of at least 4 members (excludes halogenated alkanes) is 2. The highest BCUT2D eigenvalue weighted by molar-refractivity contribution is 7.89. The Morgan fingerprint density at radius 1 is 1.15 bits per heavy atom. The first kappa shape index (κ1) is 16.6. The summed E-state index contributed by atoms with van der Waals surface area (Å²) in [5.74, 6) is 4.75. The Kier molecular flexibility index (Phi) is 6.63. The van der Waals surface area contributed by atoms with E-state index >= 15 is 0 Å². The third kappa shape index (κ3) is 5.68. The van der Waals surface area contributed by atoms with Crippen LogP contribution in [0.4, 0.5) is 0 Å². The van der Waals surface area contributed by atoms with Crippen molar-refractivity contribution in [2.75, 3.05) is 6.54 Å². The third-order valence-electron chi connectivity index (χ3n) is 2.86. The minimum atomic E-state index is -3.43. The third-order valence-corrected chi connectivity index (χ3v) is 4.34. The van der Waals surface area contributed by atoms with Gasteiger partial charge in [-0.3, -0.25) is 10.2 Å². The number of hydrazine groups is 1. The molecule has 0 aliphatic heterocycles. The van der Waals surface area contributed by atoms with Gasteiger partial charge in [0, 0.05) is 13.0 Å². The van der Waals surface area contributed by atoms with Gasteiger partial charge >= 0.3 is 0 Å². The number of benzene rings is 1. The van der Waals surface area contributed by atoms with Gasteiger partial charge in [-0.05, 0) is 31.9 Å². The van der Waals surface area contributed by atoms with Gasteiger partial charge in [0.1, 0.15) is 0 Å². The molecule has 0 saturated heterocycles. The van der Waals surface area contributed by atoms with Crippen LogP contribution in [0.2, 0.25) is 0 Å². The van der Waals surface area contributed by atoms with Gasteiger partial charge in [0.25, 0.3) is 0 Å². The molecule has 0 bridgehead atoms. The van der Waals surface area contributed by atoms with Crippen molar-refractivity contribution in [1.29, 1.82) is 0 Å². The highest BCUT2D eigenvalue weighted by atomic mass is 32.2. The van der Waals surface area contributed by atoms with Gasteiger partial charge in [0.05, 0.1) is 4.90 Å². The fourth-order valence-corrected chi connectivity index (χ4v) is 2.74. The molecule has 1 aromatic rings. The molecule has 4 N–H and O–H groups in total. The van der Waals surface area contributed by atoms with E-state index in [1.807, 2.05) is 6.92 Å². The predicted molar refractivity (Wildman–Crippen MR) is 77.2 cm³/mol. The van der Waals surface area contributed by atoms with Crippen LogP contribution in [0.3, 0.4) is 0 Å². The minimum Gasteiger partial charge on any atom is -0.294 e. The number of aryl methyl sites for hydroxylation is 1. The van der Waals surface area contributed by atoms with Gasteiger partial charge in [0.15, 0.2) is 0 Å². The molecule has 0 fully saturated rings. The summed E-state index contributed by atoms with van der Waals surface area (Å²) in [4.78, 5) is 11.1. The Bertz CT molecular complexity index is 526. The summed E-state index contributed by atoms with van der Waals surface area (Å²) < 4.78 is 26.4. The van der Waals surface area contributed by atoms with Crippen LogP contribution >= 0.6 is 0 Å². The minimum absolute atomic E-state index is 0.203. The lowest BCUT2D eigenvalue weighted by molar-refractivity contribution is -0.121. The number of carbonyl (C=O) groups is 1. The molecular formula is C13H21N3O3S. The van der Waals surface area contributed by atoms with Crippen molar-refractivity contribution in [3.8, 4) is 0 Å². The van der Waals surface area contributed by atoms with Crippen molar-refractivity contribution in [3.05, 3.63) is 29.8 Å². The van der Waals surface area contributed by atoms with Gasteiger partial charge in [-0.2, -0.15) is 0 Å². The van der Waals surface area contributed by atoms with E-state index in [0.29, 0.717) is 25.8 Å². The zero-order valence-corrected chi connectivity index (χ0v) is 12.4. The lowest BCUT2D eigenvalue weighted by atomic mass is 10.2. The largest absolute Gasteiger partial charge is 0.294 e. The van der Waals surface area contributed by atoms with Crippen LogP contribution in [0.1, 0.15) is 31.2 Å². The number of carbonyl (C=O) groups excluding carboxylic acids is 1. The molecule has 0 spiro atoms. The quantitative estimate of drug-likeness (QED) is 0.286. The highest BCUT2D eigenvalue weighted by Gasteiger charge is 2.12. The molecule has 1 amide bonds. The van der Waals surface area contributed by atoms with Crippen molar-refractivity contribution < 1.29 is 13.2 Å². The van der Waals surface area contributed by atoms with E-state index in [9.17, 15) is 13.2 Å². The molecule has 1 aromatic carbocycles. The summed E-state index contributed by atoms with van der Waals surface area (Å²) >= 11 is 0. The molecule has 0 radical (unpaired) electrons. The van der Waals surface area contributed by atoms with Crippen molar-refractivity contribution in [3.63, 3.8) is 0 Å². The summed E-state index contributed by atoms with van der Waals surface area (Å²) in [7, 11) is -3.43. The maximum absolute atomic E-state index is 11.9. The van der Waals surface area contributed by atoms with Crippen LogP contribution in [-0.2, 0) is 14.8 Å². The standard InChI is InChI=1S/C13H21N3O3S/c1-11-6-8-12(9-7-11)20(18,19)15-10-4-2-3-5-13(17)16-14/h6-9,15H,2-5,10,14H2,1H3,(H,16,17). The molecule has 20 heavy (non-hydrogen) atoms. The predicted octanol–water partition coefficient (Wildman–Crippen LogP) is 0.824. The number of sulfonamides is 1. The fourth-order valence-electron chi connectivity index (χ4n) is 1.67. The summed E-state index contributed by atoms with van der Waals surface area (Å²) in [5, 5.41) is 0. The second-order valence-electron chi connectivity index (χ2n) is 4.59. The van der Waals surface area contributed by atoms with Crippen LogP contribution in [0.15, 0.2) is 29.2 Å². The van der Waals surface area contributed by atoms with Gasteiger partial charge in [-0.25, -0.2) is 19.0 Å². The topological polar surface area (TPSA) is 101 Å². The van der Waals surface area contributed by atoms with Crippen LogP contribution in [0, 0.1) is 6.92 Å². The molecule has 0 saturated carbocycles. The number of hydrogen-bond acceptors (Lipinski definition) is 4. The Balaban J connectivity index is 2.30. The molecule has 1 rings (SSSR count). The molecule has 0 heterocycles.